The number of H-pyrrole nitrogens is 1. The van der Waals surface area contributed by atoms with E-state index in [2.05, 4.69) is 4.98 Å². The maximum atomic E-state index is 12.0. The first-order chi connectivity index (χ1) is 7.12. The average Bonchev–Trinajstić information content (AvgIpc) is 2.49. The molecule has 0 fully saturated rings. The summed E-state index contributed by atoms with van der Waals surface area (Å²) in [5, 5.41) is 0. The number of hydrogen-bond donors (Lipinski definition) is 1. The lowest BCUT2D eigenvalue weighted by molar-refractivity contribution is -0.149. The molecule has 0 amide bonds. The predicted molar refractivity (Wildman–Crippen MR) is 44.7 cm³/mol. The van der Waals surface area contributed by atoms with E-state index >= 15 is 0 Å². The lowest BCUT2D eigenvalue weighted by atomic mass is 10.3. The summed E-state index contributed by atoms with van der Waals surface area (Å²) < 4.78 is 71.7. The molecule has 94 valence electrons. The summed E-state index contributed by atoms with van der Waals surface area (Å²) in [4.78, 5) is 3.98. The number of aromatic nitrogens is 2. The molecule has 1 aromatic rings. The molecular weight excluding hydrogens is 238 g/mol. The minimum atomic E-state index is -4.89. The van der Waals surface area contributed by atoms with Crippen LogP contribution in [0.4, 0.5) is 26.3 Å². The lowest BCUT2D eigenvalue weighted by Gasteiger charge is -2.02. The topological polar surface area (TPSA) is 28.7 Å². The number of rotatable bonds is 0. The van der Waals surface area contributed by atoms with E-state index in [4.69, 9.17) is 0 Å². The Hall–Kier alpha value is -1.21. The van der Waals surface area contributed by atoms with Gasteiger partial charge in [-0.25, -0.2) is 4.98 Å². The number of nitrogens with one attached hydrogen (secondary N) is 1. The van der Waals surface area contributed by atoms with Crippen LogP contribution < -0.4 is 0 Å². The standard InChI is InChI=1S/C6H4F6N2.C2H6/c1-2-3(5(7,8)9)14-4(13-2)6(10,11)12;1-2/h1H3,(H,13,14);1-2H3. The first-order valence-corrected chi connectivity index (χ1v) is 4.33. The summed E-state index contributed by atoms with van der Waals surface area (Å²) in [6.07, 6.45) is -9.77. The number of aromatic amines is 1. The zero-order valence-corrected chi connectivity index (χ0v) is 8.72. The molecule has 0 atom stereocenters. The van der Waals surface area contributed by atoms with Crippen molar-refractivity contribution >= 4 is 0 Å². The van der Waals surface area contributed by atoms with Gasteiger partial charge in [0, 0.05) is 5.69 Å². The summed E-state index contributed by atoms with van der Waals surface area (Å²) in [7, 11) is 0. The first-order valence-electron chi connectivity index (χ1n) is 4.33. The van der Waals surface area contributed by atoms with Crippen LogP contribution in [0.2, 0.25) is 0 Å². The van der Waals surface area contributed by atoms with Crippen LogP contribution in [0.25, 0.3) is 0 Å². The van der Waals surface area contributed by atoms with Gasteiger partial charge in [-0.3, -0.25) is 0 Å². The van der Waals surface area contributed by atoms with E-state index in [-0.39, 0.29) is 0 Å². The Morgan fingerprint density at radius 1 is 0.938 bits per heavy atom. The highest BCUT2D eigenvalue weighted by Crippen LogP contribution is 2.34. The van der Waals surface area contributed by atoms with Crippen molar-refractivity contribution in [1.29, 1.82) is 0 Å². The number of nitrogens with zero attached hydrogens (tertiary/aromatic N) is 1. The first kappa shape index (κ1) is 14.8. The van der Waals surface area contributed by atoms with Crippen molar-refractivity contribution in [2.75, 3.05) is 0 Å². The SMILES string of the molecule is CC.Cc1[nH]c(C(F)(F)F)nc1C(F)(F)F. The minimum Gasteiger partial charge on any atom is -0.338 e. The molecule has 1 heterocycles. The molecule has 8 heteroatoms. The van der Waals surface area contributed by atoms with Crippen LogP contribution in [0, 0.1) is 6.92 Å². The van der Waals surface area contributed by atoms with Gasteiger partial charge in [-0.15, -0.1) is 0 Å². The van der Waals surface area contributed by atoms with Crippen LogP contribution >= 0.6 is 0 Å². The van der Waals surface area contributed by atoms with Gasteiger partial charge in [0.2, 0.25) is 5.82 Å². The summed E-state index contributed by atoms with van der Waals surface area (Å²) in [6.45, 7) is 4.88. The summed E-state index contributed by atoms with van der Waals surface area (Å²) in [5.74, 6) is -1.64. The van der Waals surface area contributed by atoms with Crippen LogP contribution in [0.3, 0.4) is 0 Å². The molecule has 1 aromatic heterocycles. The number of halogens is 6. The molecule has 0 saturated heterocycles. The highest BCUT2D eigenvalue weighted by atomic mass is 19.4. The molecule has 2 nitrogen and oxygen atoms in total. The smallest absolute Gasteiger partial charge is 0.338 e. The van der Waals surface area contributed by atoms with Gasteiger partial charge in [0.05, 0.1) is 0 Å². The van der Waals surface area contributed by atoms with E-state index in [1.54, 1.807) is 0 Å². The molecule has 0 bridgehead atoms. The molecule has 0 radical (unpaired) electrons. The Labute approximate surface area is 87.7 Å². The van der Waals surface area contributed by atoms with Crippen LogP contribution in [0.15, 0.2) is 0 Å². The number of aryl methyl sites for hydroxylation is 1. The van der Waals surface area contributed by atoms with Crippen LogP contribution in [-0.4, -0.2) is 9.97 Å². The van der Waals surface area contributed by atoms with E-state index in [1.807, 2.05) is 13.8 Å². The number of alkyl halides is 6. The van der Waals surface area contributed by atoms with Crippen molar-refractivity contribution < 1.29 is 26.3 Å². The quantitative estimate of drug-likeness (QED) is 0.695. The van der Waals surface area contributed by atoms with Gasteiger partial charge >= 0.3 is 12.4 Å². The summed E-state index contributed by atoms with van der Waals surface area (Å²) in [6, 6.07) is 0. The Bertz CT molecular complexity index is 335. The fraction of sp³-hybridized carbons (Fsp3) is 0.625. The molecule has 1 rings (SSSR count). The largest absolute Gasteiger partial charge is 0.449 e. The molecule has 0 aliphatic rings. The van der Waals surface area contributed by atoms with E-state index in [0.29, 0.717) is 0 Å². The Morgan fingerprint density at radius 2 is 1.38 bits per heavy atom. The van der Waals surface area contributed by atoms with E-state index in [1.165, 1.54) is 4.98 Å². The van der Waals surface area contributed by atoms with Crippen LogP contribution in [0.1, 0.15) is 31.1 Å². The molecule has 0 unspecified atom stereocenters. The van der Waals surface area contributed by atoms with E-state index in [0.717, 1.165) is 6.92 Å². The highest BCUT2D eigenvalue weighted by Gasteiger charge is 2.41. The number of hydrogen-bond acceptors (Lipinski definition) is 1. The third-order valence-electron chi connectivity index (χ3n) is 1.42. The van der Waals surface area contributed by atoms with Crippen molar-refractivity contribution in [1.82, 2.24) is 9.97 Å². The van der Waals surface area contributed by atoms with Crippen molar-refractivity contribution in [2.24, 2.45) is 0 Å². The zero-order valence-electron chi connectivity index (χ0n) is 8.72. The van der Waals surface area contributed by atoms with Gasteiger partial charge in [-0.05, 0) is 6.92 Å². The predicted octanol–water partition coefficient (Wildman–Crippen LogP) is 3.78. The van der Waals surface area contributed by atoms with Crippen molar-refractivity contribution in [3.05, 3.63) is 17.2 Å². The van der Waals surface area contributed by atoms with Gasteiger partial charge in [-0.1, -0.05) is 13.8 Å². The third-order valence-corrected chi connectivity index (χ3v) is 1.42. The fourth-order valence-corrected chi connectivity index (χ4v) is 0.871. The Morgan fingerprint density at radius 3 is 1.56 bits per heavy atom. The maximum Gasteiger partial charge on any atom is 0.449 e. The maximum absolute atomic E-state index is 12.0. The van der Waals surface area contributed by atoms with Gasteiger partial charge < -0.3 is 4.98 Å². The molecule has 16 heavy (non-hydrogen) atoms. The van der Waals surface area contributed by atoms with Gasteiger partial charge in [0.1, 0.15) is 0 Å². The Kier molecular flexibility index (Phi) is 4.39. The molecule has 0 aromatic carbocycles. The van der Waals surface area contributed by atoms with Gasteiger partial charge in [0.15, 0.2) is 5.69 Å². The van der Waals surface area contributed by atoms with E-state index < -0.39 is 29.6 Å². The molecule has 1 N–H and O–H groups in total. The normalized spacial score (nSPS) is 12.1. The van der Waals surface area contributed by atoms with E-state index in [9.17, 15) is 26.3 Å². The molecule has 0 spiro atoms. The van der Waals surface area contributed by atoms with Crippen LogP contribution in [0.5, 0.6) is 0 Å². The fourth-order valence-electron chi connectivity index (χ4n) is 0.871. The summed E-state index contributed by atoms with van der Waals surface area (Å²) >= 11 is 0. The van der Waals surface area contributed by atoms with Crippen molar-refractivity contribution in [2.45, 2.75) is 33.1 Å². The molecule has 0 aliphatic heterocycles. The van der Waals surface area contributed by atoms with Gasteiger partial charge in [0.25, 0.3) is 0 Å². The van der Waals surface area contributed by atoms with Crippen molar-refractivity contribution in [3.8, 4) is 0 Å². The number of imidazole rings is 1. The van der Waals surface area contributed by atoms with Crippen molar-refractivity contribution in [3.63, 3.8) is 0 Å². The van der Waals surface area contributed by atoms with Crippen LogP contribution in [-0.2, 0) is 12.4 Å². The molecule has 0 saturated carbocycles. The molecule has 0 aliphatic carbocycles. The van der Waals surface area contributed by atoms with Gasteiger partial charge in [-0.2, -0.15) is 26.3 Å². The second kappa shape index (κ2) is 4.75. The third kappa shape index (κ3) is 3.42. The molecular formula is C8H10F6N2. The minimum absolute atomic E-state index is 0.648. The average molecular weight is 248 g/mol. The highest BCUT2D eigenvalue weighted by molar-refractivity contribution is 5.17. The second-order valence-electron chi connectivity index (χ2n) is 2.55. The monoisotopic (exact) mass is 248 g/mol. The summed E-state index contributed by atoms with van der Waals surface area (Å²) in [5.41, 5.74) is -2.19. The zero-order chi connectivity index (χ0) is 13.1. The Balaban J connectivity index is 0.00000106. The second-order valence-corrected chi connectivity index (χ2v) is 2.55. The lowest BCUT2D eigenvalue weighted by Crippen LogP contribution is -2.10.